The molecular formula is C20H25FN4O4. The molecule has 1 saturated carbocycles. The molecule has 29 heavy (non-hydrogen) atoms. The molecule has 1 aromatic heterocycles. The highest BCUT2D eigenvalue weighted by atomic mass is 19.1. The van der Waals surface area contributed by atoms with Gasteiger partial charge >= 0.3 is 0 Å². The van der Waals surface area contributed by atoms with E-state index in [4.69, 9.17) is 9.47 Å². The number of nitrogens with zero attached hydrogens (tertiary/aromatic N) is 3. The summed E-state index contributed by atoms with van der Waals surface area (Å²) in [6, 6.07) is 5.20. The number of ether oxygens (including phenoxy) is 2. The van der Waals surface area contributed by atoms with Crippen LogP contribution in [0.25, 0.3) is 0 Å². The van der Waals surface area contributed by atoms with Gasteiger partial charge in [0.05, 0.1) is 37.1 Å². The monoisotopic (exact) mass is 404 g/mol. The number of morpholine rings is 1. The molecule has 2 aliphatic rings. The number of aryl methyl sites for hydroxylation is 1. The van der Waals surface area contributed by atoms with E-state index in [0.717, 1.165) is 0 Å². The molecule has 2 fully saturated rings. The van der Waals surface area contributed by atoms with Crippen molar-refractivity contribution in [3.8, 4) is 5.75 Å². The number of aromatic nitrogens is 2. The predicted octanol–water partition coefficient (Wildman–Crippen LogP) is 0.571. The Hall–Kier alpha value is -2.49. The zero-order chi connectivity index (χ0) is 20.4. The van der Waals surface area contributed by atoms with Crippen molar-refractivity contribution in [2.75, 3.05) is 26.3 Å². The van der Waals surface area contributed by atoms with Crippen molar-refractivity contribution in [1.29, 1.82) is 0 Å². The van der Waals surface area contributed by atoms with E-state index in [9.17, 15) is 14.3 Å². The summed E-state index contributed by atoms with van der Waals surface area (Å²) in [7, 11) is 1.75. The standard InChI is InChI=1S/C20H25FN4O4/c1-24-12-13(11-22-24)20(27)23-16-10-17(29-15-4-2-3-14(21)9-15)19(26)18(16)25-5-7-28-8-6-25/h2-4,9,11-12,16-19,26H,5-8,10H2,1H3,(H,23,27)/t16-,17-,18+,19+/m1/s1. The summed E-state index contributed by atoms with van der Waals surface area (Å²) in [5, 5.41) is 18.1. The number of nitrogens with one attached hydrogen (secondary N) is 1. The first-order valence-electron chi connectivity index (χ1n) is 9.73. The van der Waals surface area contributed by atoms with Crippen LogP contribution < -0.4 is 10.1 Å². The maximum atomic E-state index is 13.5. The first-order chi connectivity index (χ1) is 14.0. The molecule has 0 bridgehead atoms. The average molecular weight is 404 g/mol. The van der Waals surface area contributed by atoms with E-state index in [0.29, 0.717) is 44.0 Å². The second-order valence-corrected chi connectivity index (χ2v) is 7.46. The molecule has 0 radical (unpaired) electrons. The molecule has 0 unspecified atom stereocenters. The van der Waals surface area contributed by atoms with Gasteiger partial charge < -0.3 is 19.9 Å². The number of benzene rings is 1. The van der Waals surface area contributed by atoms with Gasteiger partial charge in [-0.2, -0.15) is 5.10 Å². The smallest absolute Gasteiger partial charge is 0.254 e. The fourth-order valence-electron chi connectivity index (χ4n) is 4.10. The summed E-state index contributed by atoms with van der Waals surface area (Å²) in [5.41, 5.74) is 0.456. The van der Waals surface area contributed by atoms with Gasteiger partial charge in [0.2, 0.25) is 0 Å². The number of hydrogen-bond donors (Lipinski definition) is 2. The van der Waals surface area contributed by atoms with Crippen molar-refractivity contribution in [1.82, 2.24) is 20.0 Å². The lowest BCUT2D eigenvalue weighted by atomic mass is 10.1. The van der Waals surface area contributed by atoms with Crippen molar-refractivity contribution in [3.05, 3.63) is 48.0 Å². The van der Waals surface area contributed by atoms with Gasteiger partial charge in [-0.25, -0.2) is 4.39 Å². The number of hydrogen-bond acceptors (Lipinski definition) is 6. The van der Waals surface area contributed by atoms with Gasteiger partial charge in [-0.05, 0) is 12.1 Å². The van der Waals surface area contributed by atoms with Crippen LogP contribution in [-0.4, -0.2) is 76.3 Å². The Balaban J connectivity index is 1.52. The van der Waals surface area contributed by atoms with Gasteiger partial charge in [0, 0.05) is 38.8 Å². The molecule has 1 aliphatic heterocycles. The third-order valence-corrected chi connectivity index (χ3v) is 5.46. The van der Waals surface area contributed by atoms with Gasteiger partial charge in [0.15, 0.2) is 0 Å². The summed E-state index contributed by atoms with van der Waals surface area (Å²) in [6.07, 6.45) is 2.15. The average Bonchev–Trinajstić information content (AvgIpc) is 3.26. The van der Waals surface area contributed by atoms with Crippen LogP contribution in [-0.2, 0) is 11.8 Å². The molecule has 4 atom stereocenters. The fourth-order valence-corrected chi connectivity index (χ4v) is 4.10. The third kappa shape index (κ3) is 4.42. The van der Waals surface area contributed by atoms with Crippen LogP contribution in [0.2, 0.25) is 0 Å². The zero-order valence-corrected chi connectivity index (χ0v) is 16.2. The van der Waals surface area contributed by atoms with Crippen molar-refractivity contribution in [2.45, 2.75) is 30.7 Å². The summed E-state index contributed by atoms with van der Waals surface area (Å²) in [6.45, 7) is 2.46. The Labute approximate surface area is 168 Å². The minimum Gasteiger partial charge on any atom is -0.487 e. The number of carbonyl (C=O) groups is 1. The predicted molar refractivity (Wildman–Crippen MR) is 102 cm³/mol. The first kappa shape index (κ1) is 19.8. The molecular weight excluding hydrogens is 379 g/mol. The molecule has 2 N–H and O–H groups in total. The normalized spacial score (nSPS) is 27.7. The van der Waals surface area contributed by atoms with Gasteiger partial charge in [0.1, 0.15) is 23.8 Å². The SMILES string of the molecule is Cn1cc(C(=O)N[C@@H]2C[C@@H](Oc3cccc(F)c3)[C@H](O)[C@H]2N2CCOCC2)cn1. The van der Waals surface area contributed by atoms with Crippen molar-refractivity contribution >= 4 is 5.91 Å². The molecule has 1 aromatic carbocycles. The molecule has 8 nitrogen and oxygen atoms in total. The lowest BCUT2D eigenvalue weighted by Crippen LogP contribution is -2.56. The number of amides is 1. The van der Waals surface area contributed by atoms with Crippen LogP contribution in [0.3, 0.4) is 0 Å². The van der Waals surface area contributed by atoms with Crippen LogP contribution in [0.1, 0.15) is 16.8 Å². The maximum absolute atomic E-state index is 13.5. The number of aliphatic hydroxyl groups excluding tert-OH is 1. The van der Waals surface area contributed by atoms with E-state index in [1.165, 1.54) is 18.3 Å². The largest absolute Gasteiger partial charge is 0.487 e. The van der Waals surface area contributed by atoms with E-state index >= 15 is 0 Å². The topological polar surface area (TPSA) is 88.9 Å². The Bertz CT molecular complexity index is 855. The van der Waals surface area contributed by atoms with E-state index in [1.807, 2.05) is 0 Å². The molecule has 1 aliphatic carbocycles. The van der Waals surface area contributed by atoms with Crippen LogP contribution in [0.5, 0.6) is 5.75 Å². The second-order valence-electron chi connectivity index (χ2n) is 7.46. The van der Waals surface area contributed by atoms with E-state index in [2.05, 4.69) is 15.3 Å². The van der Waals surface area contributed by atoms with Gasteiger partial charge in [-0.1, -0.05) is 6.07 Å². The maximum Gasteiger partial charge on any atom is 0.254 e. The lowest BCUT2D eigenvalue weighted by molar-refractivity contribution is -0.0350. The highest BCUT2D eigenvalue weighted by Gasteiger charge is 2.47. The second kappa shape index (κ2) is 8.48. The molecule has 0 spiro atoms. The van der Waals surface area contributed by atoms with Crippen molar-refractivity contribution in [2.24, 2.45) is 7.05 Å². The van der Waals surface area contributed by atoms with Crippen LogP contribution in [0.15, 0.2) is 36.7 Å². The molecule has 4 rings (SSSR count). The third-order valence-electron chi connectivity index (χ3n) is 5.46. The minimum absolute atomic E-state index is 0.250. The molecule has 156 valence electrons. The van der Waals surface area contributed by atoms with Gasteiger partial charge in [-0.15, -0.1) is 0 Å². The van der Waals surface area contributed by atoms with Gasteiger partial charge in [-0.3, -0.25) is 14.4 Å². The first-order valence-corrected chi connectivity index (χ1v) is 9.73. The van der Waals surface area contributed by atoms with Crippen LogP contribution in [0.4, 0.5) is 4.39 Å². The van der Waals surface area contributed by atoms with Crippen molar-refractivity contribution in [3.63, 3.8) is 0 Å². The quantitative estimate of drug-likeness (QED) is 0.758. The Morgan fingerprint density at radius 1 is 1.38 bits per heavy atom. The van der Waals surface area contributed by atoms with Gasteiger partial charge in [0.25, 0.3) is 5.91 Å². The summed E-state index contributed by atoms with van der Waals surface area (Å²) < 4.78 is 26.4. The van der Waals surface area contributed by atoms with E-state index < -0.39 is 18.0 Å². The number of aliphatic hydroxyl groups is 1. The molecule has 2 heterocycles. The molecule has 1 amide bonds. The highest BCUT2D eigenvalue weighted by Crippen LogP contribution is 2.30. The molecule has 1 saturated heterocycles. The zero-order valence-electron chi connectivity index (χ0n) is 16.2. The summed E-state index contributed by atoms with van der Waals surface area (Å²) >= 11 is 0. The Kier molecular flexibility index (Phi) is 5.79. The minimum atomic E-state index is -0.837. The van der Waals surface area contributed by atoms with E-state index in [1.54, 1.807) is 30.1 Å². The number of rotatable bonds is 5. The summed E-state index contributed by atoms with van der Waals surface area (Å²) in [5.74, 6) is -0.296. The van der Waals surface area contributed by atoms with E-state index in [-0.39, 0.29) is 18.0 Å². The van der Waals surface area contributed by atoms with Crippen molar-refractivity contribution < 1.29 is 23.8 Å². The Morgan fingerprint density at radius 2 is 2.17 bits per heavy atom. The summed E-state index contributed by atoms with van der Waals surface area (Å²) in [4.78, 5) is 14.8. The molecule has 2 aromatic rings. The van der Waals surface area contributed by atoms with Crippen LogP contribution in [0, 0.1) is 5.82 Å². The Morgan fingerprint density at radius 3 is 2.86 bits per heavy atom. The lowest BCUT2D eigenvalue weighted by Gasteiger charge is -2.37. The molecule has 9 heteroatoms. The highest BCUT2D eigenvalue weighted by molar-refractivity contribution is 5.94. The fraction of sp³-hybridized carbons (Fsp3) is 0.500. The van der Waals surface area contributed by atoms with Crippen LogP contribution >= 0.6 is 0 Å². The number of carbonyl (C=O) groups excluding carboxylic acids is 1. The number of halogens is 1.